The van der Waals surface area contributed by atoms with Crippen molar-refractivity contribution in [2.45, 2.75) is 26.8 Å². The fourth-order valence-electron chi connectivity index (χ4n) is 3.49. The van der Waals surface area contributed by atoms with Gasteiger partial charge >= 0.3 is 0 Å². The Bertz CT molecular complexity index is 1160. The molecule has 4 rings (SSSR count). The lowest BCUT2D eigenvalue weighted by Gasteiger charge is -2.19. The molecule has 0 unspecified atom stereocenters. The minimum absolute atomic E-state index is 0.142. The highest BCUT2D eigenvalue weighted by Crippen LogP contribution is 2.40. The summed E-state index contributed by atoms with van der Waals surface area (Å²) >= 11 is 1.41. The average molecular weight is 441 g/mol. The largest absolute Gasteiger partial charge is 0.495 e. The van der Waals surface area contributed by atoms with E-state index in [4.69, 9.17) is 18.9 Å². The van der Waals surface area contributed by atoms with Gasteiger partial charge in [0.2, 0.25) is 0 Å². The number of aromatic nitrogens is 3. The number of amides is 1. The van der Waals surface area contributed by atoms with E-state index in [1.54, 1.807) is 44.6 Å². The first-order valence-electron chi connectivity index (χ1n) is 9.88. The van der Waals surface area contributed by atoms with Gasteiger partial charge in [-0.05, 0) is 38.5 Å². The third-order valence-corrected chi connectivity index (χ3v) is 6.10. The van der Waals surface area contributed by atoms with Crippen LogP contribution in [0.4, 0.5) is 5.13 Å². The molecule has 0 bridgehead atoms. The number of furan rings is 1. The number of benzene rings is 1. The summed E-state index contributed by atoms with van der Waals surface area (Å²) in [6, 6.07) is 5.44. The second kappa shape index (κ2) is 8.81. The molecule has 0 N–H and O–H groups in total. The van der Waals surface area contributed by atoms with E-state index in [0.29, 0.717) is 45.8 Å². The summed E-state index contributed by atoms with van der Waals surface area (Å²) in [6.45, 7) is 4.87. The van der Waals surface area contributed by atoms with Crippen molar-refractivity contribution in [2.24, 2.45) is 0 Å². The van der Waals surface area contributed by atoms with Gasteiger partial charge in [0.1, 0.15) is 33.2 Å². The van der Waals surface area contributed by atoms with Crippen LogP contribution in [0.3, 0.4) is 0 Å². The van der Waals surface area contributed by atoms with E-state index in [1.807, 2.05) is 29.8 Å². The number of anilines is 1. The number of hydrogen-bond acceptors (Lipinski definition) is 7. The van der Waals surface area contributed by atoms with Gasteiger partial charge in [0.05, 0.1) is 26.1 Å². The summed E-state index contributed by atoms with van der Waals surface area (Å²) < 4.78 is 19.4. The minimum Gasteiger partial charge on any atom is -0.495 e. The van der Waals surface area contributed by atoms with Crippen molar-refractivity contribution in [3.8, 4) is 11.5 Å². The number of methoxy groups -OCH3 is 2. The van der Waals surface area contributed by atoms with Crippen LogP contribution in [0.25, 0.3) is 10.2 Å². The van der Waals surface area contributed by atoms with Crippen LogP contribution in [0.5, 0.6) is 11.5 Å². The van der Waals surface area contributed by atoms with Crippen LogP contribution in [0.15, 0.2) is 41.3 Å². The monoisotopic (exact) mass is 440 g/mol. The van der Waals surface area contributed by atoms with Gasteiger partial charge in [-0.2, -0.15) is 0 Å². The number of carbonyl (C=O) groups is 1. The molecule has 0 spiro atoms. The Morgan fingerprint density at radius 1 is 1.23 bits per heavy atom. The van der Waals surface area contributed by atoms with Gasteiger partial charge in [-0.15, -0.1) is 0 Å². The molecule has 0 radical (unpaired) electrons. The predicted octanol–water partition coefficient (Wildman–Crippen LogP) is 4.46. The van der Waals surface area contributed by atoms with Gasteiger partial charge in [-0.3, -0.25) is 9.69 Å². The first-order chi connectivity index (χ1) is 15.0. The smallest absolute Gasteiger partial charge is 0.263 e. The van der Waals surface area contributed by atoms with E-state index >= 15 is 0 Å². The number of nitrogens with zero attached hydrogens (tertiary/aromatic N) is 4. The SMILES string of the molecule is COc1ccc(OC)c2sc(N(CCCn3ccnc3)C(=O)c3cc(C)oc3C)nc12. The predicted molar refractivity (Wildman–Crippen MR) is 119 cm³/mol. The molecular weight excluding hydrogens is 416 g/mol. The summed E-state index contributed by atoms with van der Waals surface area (Å²) in [5, 5.41) is 0.590. The number of imidazole rings is 1. The molecule has 8 nitrogen and oxygen atoms in total. The number of rotatable bonds is 8. The summed E-state index contributed by atoms with van der Waals surface area (Å²) in [6.07, 6.45) is 6.15. The van der Waals surface area contributed by atoms with Gasteiger partial charge in [0.15, 0.2) is 5.13 Å². The van der Waals surface area contributed by atoms with E-state index in [0.717, 1.165) is 17.7 Å². The standard InChI is InChI=1S/C22H24N4O4S/c1-14-12-16(15(2)30-14)21(27)26(10-5-9-25-11-8-23-13-25)22-24-19-17(28-3)6-7-18(29-4)20(19)31-22/h6-8,11-13H,5,9-10H2,1-4H3. The van der Waals surface area contributed by atoms with Crippen molar-refractivity contribution < 1.29 is 18.7 Å². The molecule has 1 aromatic carbocycles. The molecule has 0 aliphatic rings. The van der Waals surface area contributed by atoms with Crippen molar-refractivity contribution in [1.82, 2.24) is 14.5 Å². The number of hydrogen-bond donors (Lipinski definition) is 0. The third kappa shape index (κ3) is 4.13. The Labute approximate surface area is 184 Å². The first-order valence-corrected chi connectivity index (χ1v) is 10.7. The van der Waals surface area contributed by atoms with Crippen molar-refractivity contribution >= 4 is 32.6 Å². The highest BCUT2D eigenvalue weighted by Gasteiger charge is 2.26. The molecule has 4 aromatic rings. The number of carbonyl (C=O) groups excluding carboxylic acids is 1. The van der Waals surface area contributed by atoms with Crippen molar-refractivity contribution in [3.05, 3.63) is 54.0 Å². The van der Waals surface area contributed by atoms with Crippen LogP contribution in [-0.2, 0) is 6.54 Å². The molecule has 0 fully saturated rings. The lowest BCUT2D eigenvalue weighted by Crippen LogP contribution is -2.32. The lowest BCUT2D eigenvalue weighted by atomic mass is 10.2. The number of thiazole rings is 1. The normalized spacial score (nSPS) is 11.1. The Morgan fingerprint density at radius 3 is 2.65 bits per heavy atom. The molecule has 0 saturated heterocycles. The first kappa shape index (κ1) is 20.9. The molecule has 9 heteroatoms. The van der Waals surface area contributed by atoms with E-state index in [2.05, 4.69) is 4.98 Å². The Balaban J connectivity index is 1.72. The highest BCUT2D eigenvalue weighted by atomic mass is 32.1. The molecule has 0 saturated carbocycles. The van der Waals surface area contributed by atoms with E-state index in [-0.39, 0.29) is 5.91 Å². The second-order valence-corrected chi connectivity index (χ2v) is 8.06. The quantitative estimate of drug-likeness (QED) is 0.402. The fraction of sp³-hybridized carbons (Fsp3) is 0.318. The Kier molecular flexibility index (Phi) is 5.94. The van der Waals surface area contributed by atoms with Gasteiger partial charge < -0.3 is 18.5 Å². The summed E-state index contributed by atoms with van der Waals surface area (Å²) in [5.74, 6) is 2.49. The van der Waals surface area contributed by atoms with Gasteiger partial charge in [0.25, 0.3) is 5.91 Å². The molecule has 0 aliphatic heterocycles. The molecule has 162 valence electrons. The molecule has 1 amide bonds. The molecule has 3 heterocycles. The molecule has 3 aromatic heterocycles. The van der Waals surface area contributed by atoms with Gasteiger partial charge in [-0.25, -0.2) is 9.97 Å². The number of fused-ring (bicyclic) bond motifs is 1. The zero-order valence-corrected chi connectivity index (χ0v) is 18.7. The van der Waals surface area contributed by atoms with Gasteiger partial charge in [0, 0.05) is 25.5 Å². The van der Waals surface area contributed by atoms with E-state index in [1.165, 1.54) is 11.3 Å². The summed E-state index contributed by atoms with van der Waals surface area (Å²) in [7, 11) is 3.22. The summed E-state index contributed by atoms with van der Waals surface area (Å²) in [4.78, 5) is 24.0. The minimum atomic E-state index is -0.142. The maximum absolute atomic E-state index is 13.5. The summed E-state index contributed by atoms with van der Waals surface area (Å²) in [5.41, 5.74) is 1.22. The molecule has 0 atom stereocenters. The third-order valence-electron chi connectivity index (χ3n) is 5.00. The fourth-order valence-corrected chi connectivity index (χ4v) is 4.59. The maximum Gasteiger partial charge on any atom is 0.263 e. The van der Waals surface area contributed by atoms with Gasteiger partial charge in [-0.1, -0.05) is 11.3 Å². The Hall–Kier alpha value is -3.33. The van der Waals surface area contributed by atoms with Crippen molar-refractivity contribution in [3.63, 3.8) is 0 Å². The van der Waals surface area contributed by atoms with Crippen LogP contribution in [-0.4, -0.2) is 41.2 Å². The average Bonchev–Trinajstić information content (AvgIpc) is 3.50. The van der Waals surface area contributed by atoms with Crippen LogP contribution in [0.2, 0.25) is 0 Å². The van der Waals surface area contributed by atoms with Crippen molar-refractivity contribution in [2.75, 3.05) is 25.7 Å². The van der Waals surface area contributed by atoms with E-state index in [9.17, 15) is 4.79 Å². The van der Waals surface area contributed by atoms with Crippen LogP contribution < -0.4 is 14.4 Å². The number of ether oxygens (including phenoxy) is 2. The maximum atomic E-state index is 13.5. The molecule has 0 aliphatic carbocycles. The van der Waals surface area contributed by atoms with Crippen LogP contribution in [0, 0.1) is 13.8 Å². The highest BCUT2D eigenvalue weighted by molar-refractivity contribution is 7.22. The van der Waals surface area contributed by atoms with E-state index < -0.39 is 0 Å². The lowest BCUT2D eigenvalue weighted by molar-refractivity contribution is 0.0985. The van der Waals surface area contributed by atoms with Crippen LogP contribution >= 0.6 is 11.3 Å². The van der Waals surface area contributed by atoms with Crippen molar-refractivity contribution in [1.29, 1.82) is 0 Å². The zero-order valence-electron chi connectivity index (χ0n) is 17.9. The zero-order chi connectivity index (χ0) is 22.0. The Morgan fingerprint density at radius 2 is 2.00 bits per heavy atom. The topological polar surface area (TPSA) is 82.6 Å². The number of aryl methyl sites for hydroxylation is 3. The second-order valence-electron chi connectivity index (χ2n) is 7.08. The molecular formula is C22H24N4O4S. The van der Waals surface area contributed by atoms with Crippen LogP contribution in [0.1, 0.15) is 28.3 Å². The molecule has 31 heavy (non-hydrogen) atoms.